The van der Waals surface area contributed by atoms with Crippen LogP contribution in [-0.4, -0.2) is 31.7 Å². The maximum atomic E-state index is 11.7. The van der Waals surface area contributed by atoms with Crippen molar-refractivity contribution in [2.24, 2.45) is 0 Å². The molecule has 0 saturated carbocycles. The summed E-state index contributed by atoms with van der Waals surface area (Å²) in [6, 6.07) is 7.98. The van der Waals surface area contributed by atoms with Crippen LogP contribution in [0.1, 0.15) is 19.4 Å². The molecule has 20 heavy (non-hydrogen) atoms. The number of carbonyl (C=O) groups is 2. The molecule has 0 radical (unpaired) electrons. The fourth-order valence-electron chi connectivity index (χ4n) is 1.76. The van der Waals surface area contributed by atoms with Crippen molar-refractivity contribution in [3.05, 3.63) is 34.3 Å². The van der Waals surface area contributed by atoms with E-state index in [1.165, 1.54) is 0 Å². The number of benzene rings is 1. The summed E-state index contributed by atoms with van der Waals surface area (Å²) in [5, 5.41) is 2.21. The van der Waals surface area contributed by atoms with Crippen molar-refractivity contribution in [1.29, 1.82) is 0 Å². The molecule has 1 rings (SSSR count). The molecule has 0 fully saturated rings. The van der Waals surface area contributed by atoms with Gasteiger partial charge in [-0.15, -0.1) is 0 Å². The van der Waals surface area contributed by atoms with Crippen LogP contribution in [0.3, 0.4) is 0 Å². The van der Waals surface area contributed by atoms with Crippen LogP contribution < -0.4 is 10.2 Å². The van der Waals surface area contributed by atoms with Crippen molar-refractivity contribution >= 4 is 27.9 Å². The number of hydrogen-bond acceptors (Lipinski definition) is 3. The second-order valence-corrected chi connectivity index (χ2v) is 5.27. The van der Waals surface area contributed by atoms with Gasteiger partial charge in [0.15, 0.2) is 6.54 Å². The first-order valence-electron chi connectivity index (χ1n) is 6.59. The van der Waals surface area contributed by atoms with Crippen LogP contribution in [0.5, 0.6) is 0 Å². The highest BCUT2D eigenvalue weighted by Gasteiger charge is 2.15. The molecule has 6 heteroatoms. The van der Waals surface area contributed by atoms with E-state index in [0.29, 0.717) is 0 Å². The van der Waals surface area contributed by atoms with Crippen molar-refractivity contribution in [3.63, 3.8) is 0 Å². The van der Waals surface area contributed by atoms with Crippen LogP contribution in [0.2, 0.25) is 0 Å². The molecule has 1 aromatic rings. The number of amides is 2. The van der Waals surface area contributed by atoms with E-state index in [4.69, 9.17) is 0 Å². The smallest absolute Gasteiger partial charge is 0.414 e. The highest BCUT2D eigenvalue weighted by atomic mass is 79.9. The number of imide groups is 1. The second kappa shape index (κ2) is 8.71. The minimum Gasteiger partial charge on any atom is -0.450 e. The van der Waals surface area contributed by atoms with Crippen LogP contribution in [0.25, 0.3) is 0 Å². The minimum absolute atomic E-state index is 0.241. The van der Waals surface area contributed by atoms with E-state index in [1.807, 2.05) is 31.2 Å². The van der Waals surface area contributed by atoms with Crippen molar-refractivity contribution in [3.8, 4) is 0 Å². The molecule has 0 aliphatic rings. The van der Waals surface area contributed by atoms with Gasteiger partial charge in [-0.3, -0.25) is 10.1 Å². The van der Waals surface area contributed by atoms with E-state index in [1.54, 1.807) is 6.92 Å². The summed E-state index contributed by atoms with van der Waals surface area (Å²) in [6.07, 6.45) is -0.684. The lowest BCUT2D eigenvalue weighted by atomic mass is 10.2. The average molecular weight is 344 g/mol. The molecule has 110 valence electrons. The third kappa shape index (κ3) is 6.16. The summed E-state index contributed by atoms with van der Waals surface area (Å²) in [4.78, 5) is 23.9. The standard InChI is InChI=1S/C14H19BrN2O3/c1-3-17(9-11-5-7-12(15)8-6-11)10-13(18)16-14(19)20-4-2/h5-8H,3-4,9-10H2,1-2H3,(H,16,18,19)/p+1. The van der Waals surface area contributed by atoms with Gasteiger partial charge in [-0.25, -0.2) is 4.79 Å². The van der Waals surface area contributed by atoms with Gasteiger partial charge < -0.3 is 9.64 Å². The largest absolute Gasteiger partial charge is 0.450 e. The summed E-state index contributed by atoms with van der Waals surface area (Å²) in [5.74, 6) is -0.322. The highest BCUT2D eigenvalue weighted by Crippen LogP contribution is 2.09. The molecule has 0 aliphatic carbocycles. The number of rotatable bonds is 6. The first-order chi connectivity index (χ1) is 9.55. The molecule has 0 aromatic heterocycles. The Morgan fingerprint density at radius 2 is 1.90 bits per heavy atom. The Morgan fingerprint density at radius 3 is 2.45 bits per heavy atom. The number of likely N-dealkylation sites (N-methyl/N-ethyl adjacent to an activating group) is 1. The summed E-state index contributed by atoms with van der Waals surface area (Å²) in [6.45, 7) is 5.73. The quantitative estimate of drug-likeness (QED) is 0.813. The number of nitrogens with one attached hydrogen (secondary N) is 2. The van der Waals surface area contributed by atoms with Crippen LogP contribution in [0, 0.1) is 0 Å². The van der Waals surface area contributed by atoms with Crippen molar-refractivity contribution in [2.75, 3.05) is 19.7 Å². The van der Waals surface area contributed by atoms with Gasteiger partial charge in [0.1, 0.15) is 6.54 Å². The van der Waals surface area contributed by atoms with Crippen molar-refractivity contribution in [2.45, 2.75) is 20.4 Å². The Bertz CT molecular complexity index is 448. The lowest BCUT2D eigenvalue weighted by Crippen LogP contribution is -3.11. The van der Waals surface area contributed by atoms with Gasteiger partial charge in [-0.1, -0.05) is 28.1 Å². The van der Waals surface area contributed by atoms with E-state index in [9.17, 15) is 9.59 Å². The zero-order valence-electron chi connectivity index (χ0n) is 11.7. The third-order valence-electron chi connectivity index (χ3n) is 2.79. The first kappa shape index (κ1) is 16.7. The average Bonchev–Trinajstić information content (AvgIpc) is 2.40. The summed E-state index contributed by atoms with van der Waals surface area (Å²) < 4.78 is 5.70. The highest BCUT2D eigenvalue weighted by molar-refractivity contribution is 9.10. The number of ether oxygens (including phenoxy) is 1. The number of quaternary nitrogens is 1. The van der Waals surface area contributed by atoms with Gasteiger partial charge in [-0.05, 0) is 26.0 Å². The molecule has 1 aromatic carbocycles. The monoisotopic (exact) mass is 343 g/mol. The molecule has 2 N–H and O–H groups in total. The summed E-state index contributed by atoms with van der Waals surface area (Å²) in [5.41, 5.74) is 1.15. The van der Waals surface area contributed by atoms with Crippen LogP contribution in [0.4, 0.5) is 4.79 Å². The Morgan fingerprint density at radius 1 is 1.25 bits per heavy atom. The predicted octanol–water partition coefficient (Wildman–Crippen LogP) is 1.13. The van der Waals surface area contributed by atoms with Gasteiger partial charge in [0.05, 0.1) is 13.2 Å². The van der Waals surface area contributed by atoms with Crippen molar-refractivity contribution < 1.29 is 19.2 Å². The molecular weight excluding hydrogens is 324 g/mol. The SMILES string of the molecule is CCOC(=O)NC(=O)C[NH+](CC)Cc1ccc(Br)cc1. The Labute approximate surface area is 127 Å². The fraction of sp³-hybridized carbons (Fsp3) is 0.429. The van der Waals surface area contributed by atoms with Crippen LogP contribution >= 0.6 is 15.9 Å². The molecule has 0 saturated heterocycles. The second-order valence-electron chi connectivity index (χ2n) is 4.35. The molecule has 5 nitrogen and oxygen atoms in total. The summed E-state index contributed by atoms with van der Waals surface area (Å²) >= 11 is 3.39. The minimum atomic E-state index is -0.684. The maximum absolute atomic E-state index is 11.7. The maximum Gasteiger partial charge on any atom is 0.414 e. The molecule has 1 atom stereocenters. The molecule has 0 heterocycles. The van der Waals surface area contributed by atoms with E-state index < -0.39 is 6.09 Å². The van der Waals surface area contributed by atoms with Crippen LogP contribution in [-0.2, 0) is 16.1 Å². The lowest BCUT2D eigenvalue weighted by Gasteiger charge is -2.17. The number of halogens is 1. The zero-order chi connectivity index (χ0) is 15.0. The van der Waals surface area contributed by atoms with E-state index in [2.05, 4.69) is 26.0 Å². The number of hydrogen-bond donors (Lipinski definition) is 2. The predicted molar refractivity (Wildman–Crippen MR) is 79.4 cm³/mol. The normalized spacial score (nSPS) is 11.8. The zero-order valence-corrected chi connectivity index (χ0v) is 13.3. The Balaban J connectivity index is 2.48. The molecule has 1 unspecified atom stereocenters. The molecule has 0 spiro atoms. The van der Waals surface area contributed by atoms with Gasteiger partial charge in [-0.2, -0.15) is 0 Å². The van der Waals surface area contributed by atoms with Gasteiger partial charge in [0.2, 0.25) is 0 Å². The van der Waals surface area contributed by atoms with E-state index >= 15 is 0 Å². The van der Waals surface area contributed by atoms with Crippen LogP contribution in [0.15, 0.2) is 28.7 Å². The van der Waals surface area contributed by atoms with E-state index in [-0.39, 0.29) is 19.1 Å². The fourth-order valence-corrected chi connectivity index (χ4v) is 2.02. The van der Waals surface area contributed by atoms with Gasteiger partial charge in [0, 0.05) is 10.0 Å². The van der Waals surface area contributed by atoms with Gasteiger partial charge >= 0.3 is 6.09 Å². The third-order valence-corrected chi connectivity index (χ3v) is 3.32. The Kier molecular flexibility index (Phi) is 7.25. The Hall–Kier alpha value is -1.40. The van der Waals surface area contributed by atoms with E-state index in [0.717, 1.165) is 28.0 Å². The molecular formula is C14H20BrN2O3+. The summed E-state index contributed by atoms with van der Waals surface area (Å²) in [7, 11) is 0. The number of alkyl carbamates (subject to hydrolysis) is 1. The first-order valence-corrected chi connectivity index (χ1v) is 7.39. The molecule has 0 bridgehead atoms. The van der Waals surface area contributed by atoms with Gasteiger partial charge in [0.25, 0.3) is 5.91 Å². The molecule has 2 amide bonds. The van der Waals surface area contributed by atoms with Crippen molar-refractivity contribution in [1.82, 2.24) is 5.32 Å². The molecule has 0 aliphatic heterocycles. The topological polar surface area (TPSA) is 59.8 Å². The number of carbonyl (C=O) groups excluding carboxylic acids is 2. The lowest BCUT2D eigenvalue weighted by molar-refractivity contribution is -0.904.